The van der Waals surface area contributed by atoms with Crippen molar-refractivity contribution < 1.29 is 8.42 Å². The van der Waals surface area contributed by atoms with Crippen molar-refractivity contribution >= 4 is 15.7 Å². The Balaban J connectivity index is 2.00. The van der Waals surface area contributed by atoms with Crippen LogP contribution in [0.3, 0.4) is 0 Å². The molecule has 0 amide bonds. The van der Waals surface area contributed by atoms with Crippen molar-refractivity contribution in [1.82, 2.24) is 3.97 Å². The van der Waals surface area contributed by atoms with E-state index in [1.54, 1.807) is 42.6 Å². The summed E-state index contributed by atoms with van der Waals surface area (Å²) in [6.07, 6.45) is 2.04. The maximum atomic E-state index is 12.8. The lowest BCUT2D eigenvalue weighted by Crippen LogP contribution is -2.15. The largest absolute Gasteiger partial charge is 0.398 e. The van der Waals surface area contributed by atoms with Gasteiger partial charge in [-0.05, 0) is 42.8 Å². The lowest BCUT2D eigenvalue weighted by Gasteiger charge is -2.12. The molecule has 0 saturated heterocycles. The van der Waals surface area contributed by atoms with Crippen molar-refractivity contribution in [3.05, 3.63) is 83.7 Å². The van der Waals surface area contributed by atoms with Crippen LogP contribution in [0.25, 0.3) is 0 Å². The van der Waals surface area contributed by atoms with E-state index in [0.717, 1.165) is 11.1 Å². The van der Waals surface area contributed by atoms with E-state index in [-0.39, 0.29) is 4.90 Å². The van der Waals surface area contributed by atoms with Gasteiger partial charge in [0.2, 0.25) is 0 Å². The molecule has 2 N–H and O–H groups in total. The van der Waals surface area contributed by atoms with Gasteiger partial charge in [0.1, 0.15) is 0 Å². The molecule has 0 aliphatic heterocycles. The summed E-state index contributed by atoms with van der Waals surface area (Å²) in [5, 5.41) is 0. The third-order valence-corrected chi connectivity index (χ3v) is 5.54. The average Bonchev–Trinajstić information content (AvgIpc) is 2.99. The molecule has 1 aromatic heterocycles. The second kappa shape index (κ2) is 5.93. The molecule has 0 radical (unpaired) electrons. The normalized spacial score (nSPS) is 11.5. The Kier molecular flexibility index (Phi) is 3.96. The van der Waals surface area contributed by atoms with Crippen LogP contribution in [-0.2, 0) is 16.4 Å². The number of anilines is 1. The molecule has 0 spiro atoms. The predicted octanol–water partition coefficient (Wildman–Crippen LogP) is 3.21. The van der Waals surface area contributed by atoms with Gasteiger partial charge in [-0.25, -0.2) is 12.4 Å². The van der Waals surface area contributed by atoms with Gasteiger partial charge in [-0.1, -0.05) is 35.9 Å². The highest BCUT2D eigenvalue weighted by Crippen LogP contribution is 2.21. The Hall–Kier alpha value is -2.53. The van der Waals surface area contributed by atoms with Crippen molar-refractivity contribution in [2.24, 2.45) is 0 Å². The van der Waals surface area contributed by atoms with E-state index in [4.69, 9.17) is 5.73 Å². The van der Waals surface area contributed by atoms with E-state index >= 15 is 0 Å². The van der Waals surface area contributed by atoms with Crippen LogP contribution in [0, 0.1) is 6.92 Å². The zero-order valence-corrected chi connectivity index (χ0v) is 13.6. The number of para-hydroxylation sites is 1. The maximum Gasteiger partial charge on any atom is 0.267 e. The fraction of sp³-hybridized carbons (Fsp3) is 0.111. The molecular weight excluding hydrogens is 308 g/mol. The summed E-state index contributed by atoms with van der Waals surface area (Å²) in [4.78, 5) is 0.279. The molecule has 0 bridgehead atoms. The smallest absolute Gasteiger partial charge is 0.267 e. The average molecular weight is 326 g/mol. The predicted molar refractivity (Wildman–Crippen MR) is 91.9 cm³/mol. The Labute approximate surface area is 136 Å². The van der Waals surface area contributed by atoms with E-state index in [0.29, 0.717) is 17.8 Å². The molecule has 0 unspecified atom stereocenters. The summed E-state index contributed by atoms with van der Waals surface area (Å²) < 4.78 is 27.0. The second-order valence-electron chi connectivity index (χ2n) is 5.49. The quantitative estimate of drug-likeness (QED) is 0.749. The standard InChI is InChI=1S/C18H18N2O2S/c1-14-8-10-17(11-9-14)23(21,22)20-12-4-6-16(20)13-15-5-2-3-7-18(15)19/h2-12H,13,19H2,1H3. The molecule has 0 aliphatic rings. The molecule has 5 heteroatoms. The SMILES string of the molecule is Cc1ccc(S(=O)(=O)n2cccc2Cc2ccccc2N)cc1. The van der Waals surface area contributed by atoms with Crippen LogP contribution >= 0.6 is 0 Å². The number of aromatic nitrogens is 1. The third-order valence-electron chi connectivity index (χ3n) is 3.80. The third kappa shape index (κ3) is 3.00. The van der Waals surface area contributed by atoms with E-state index in [2.05, 4.69) is 0 Å². The van der Waals surface area contributed by atoms with E-state index in [1.807, 2.05) is 31.2 Å². The minimum atomic E-state index is -3.60. The van der Waals surface area contributed by atoms with Crippen LogP contribution in [-0.4, -0.2) is 12.4 Å². The molecule has 3 rings (SSSR count). The van der Waals surface area contributed by atoms with Crippen LogP contribution in [0.1, 0.15) is 16.8 Å². The minimum Gasteiger partial charge on any atom is -0.398 e. The van der Waals surface area contributed by atoms with Crippen LogP contribution in [0.4, 0.5) is 5.69 Å². The maximum absolute atomic E-state index is 12.8. The molecule has 4 nitrogen and oxygen atoms in total. The molecule has 1 heterocycles. The number of rotatable bonds is 4. The number of hydrogen-bond acceptors (Lipinski definition) is 3. The summed E-state index contributed by atoms with van der Waals surface area (Å²) in [5.41, 5.74) is 9.24. The summed E-state index contributed by atoms with van der Waals surface area (Å²) >= 11 is 0. The van der Waals surface area contributed by atoms with Gasteiger partial charge in [0.05, 0.1) is 4.90 Å². The van der Waals surface area contributed by atoms with Crippen LogP contribution in [0.15, 0.2) is 71.8 Å². The number of hydrogen-bond donors (Lipinski definition) is 1. The first-order valence-electron chi connectivity index (χ1n) is 7.30. The van der Waals surface area contributed by atoms with Gasteiger partial charge >= 0.3 is 0 Å². The van der Waals surface area contributed by atoms with Crippen molar-refractivity contribution in [3.8, 4) is 0 Å². The van der Waals surface area contributed by atoms with Crippen molar-refractivity contribution in [2.45, 2.75) is 18.2 Å². The second-order valence-corrected chi connectivity index (χ2v) is 7.30. The lowest BCUT2D eigenvalue weighted by atomic mass is 10.1. The topological polar surface area (TPSA) is 65.1 Å². The van der Waals surface area contributed by atoms with Gasteiger partial charge in [0.15, 0.2) is 0 Å². The Morgan fingerprint density at radius 1 is 0.957 bits per heavy atom. The number of aryl methyl sites for hydroxylation is 1. The number of nitrogen functional groups attached to an aromatic ring is 1. The first-order chi connectivity index (χ1) is 11.0. The summed E-state index contributed by atoms with van der Waals surface area (Å²) in [6, 6.07) is 17.9. The summed E-state index contributed by atoms with van der Waals surface area (Å²) in [5.74, 6) is 0. The van der Waals surface area contributed by atoms with Crippen LogP contribution in [0.2, 0.25) is 0 Å². The number of nitrogens with two attached hydrogens (primary N) is 1. The van der Waals surface area contributed by atoms with Crippen molar-refractivity contribution in [3.63, 3.8) is 0 Å². The van der Waals surface area contributed by atoms with Gasteiger partial charge in [0.25, 0.3) is 10.0 Å². The van der Waals surface area contributed by atoms with E-state index in [9.17, 15) is 8.42 Å². The van der Waals surface area contributed by atoms with Gasteiger partial charge in [-0.15, -0.1) is 0 Å². The monoisotopic (exact) mass is 326 g/mol. The molecule has 0 fully saturated rings. The highest BCUT2D eigenvalue weighted by atomic mass is 32.2. The van der Waals surface area contributed by atoms with Crippen LogP contribution in [0.5, 0.6) is 0 Å². The lowest BCUT2D eigenvalue weighted by molar-refractivity contribution is 0.585. The van der Waals surface area contributed by atoms with Gasteiger partial charge in [-0.2, -0.15) is 0 Å². The minimum absolute atomic E-state index is 0.279. The van der Waals surface area contributed by atoms with E-state index in [1.165, 1.54) is 3.97 Å². The molecule has 118 valence electrons. The Morgan fingerprint density at radius 2 is 1.65 bits per heavy atom. The first kappa shape index (κ1) is 15.4. The van der Waals surface area contributed by atoms with E-state index < -0.39 is 10.0 Å². The van der Waals surface area contributed by atoms with Crippen LogP contribution < -0.4 is 5.73 Å². The fourth-order valence-corrected chi connectivity index (χ4v) is 3.86. The summed E-state index contributed by atoms with van der Waals surface area (Å²) in [6.45, 7) is 1.93. The Morgan fingerprint density at radius 3 is 2.35 bits per heavy atom. The molecule has 23 heavy (non-hydrogen) atoms. The van der Waals surface area contributed by atoms with Gasteiger partial charge in [0, 0.05) is 24.0 Å². The van der Waals surface area contributed by atoms with Crippen molar-refractivity contribution in [2.75, 3.05) is 5.73 Å². The highest BCUT2D eigenvalue weighted by molar-refractivity contribution is 7.90. The molecule has 0 aliphatic carbocycles. The van der Waals surface area contributed by atoms with Crippen molar-refractivity contribution in [1.29, 1.82) is 0 Å². The molecule has 2 aromatic carbocycles. The molecular formula is C18H18N2O2S. The summed E-state index contributed by atoms with van der Waals surface area (Å²) in [7, 11) is -3.60. The molecule has 3 aromatic rings. The molecule has 0 saturated carbocycles. The zero-order valence-electron chi connectivity index (χ0n) is 12.8. The Bertz CT molecular complexity index is 926. The molecule has 0 atom stereocenters. The fourth-order valence-electron chi connectivity index (χ4n) is 2.49. The first-order valence-corrected chi connectivity index (χ1v) is 8.74. The zero-order chi connectivity index (χ0) is 16.4. The van der Waals surface area contributed by atoms with Gasteiger partial charge < -0.3 is 5.73 Å². The van der Waals surface area contributed by atoms with Gasteiger partial charge in [-0.3, -0.25) is 0 Å². The number of benzene rings is 2. The number of nitrogens with zero attached hydrogens (tertiary/aromatic N) is 1. The highest BCUT2D eigenvalue weighted by Gasteiger charge is 2.19.